The number of amides is 1. The predicted molar refractivity (Wildman–Crippen MR) is 77.2 cm³/mol. The topological polar surface area (TPSA) is 54.9 Å². The first kappa shape index (κ1) is 12.3. The summed E-state index contributed by atoms with van der Waals surface area (Å²) in [6.07, 6.45) is 6.78. The number of nitrogens with zero attached hydrogens (tertiary/aromatic N) is 2. The summed E-state index contributed by atoms with van der Waals surface area (Å²) in [6, 6.07) is 11.5. The predicted octanol–water partition coefficient (Wildman–Crippen LogP) is 2.56. The van der Waals surface area contributed by atoms with E-state index in [9.17, 15) is 4.79 Å². The molecule has 0 bridgehead atoms. The summed E-state index contributed by atoms with van der Waals surface area (Å²) < 4.78 is 0. The largest absolute Gasteiger partial charge is 0.348 e. The molecule has 1 N–H and O–H groups in total. The van der Waals surface area contributed by atoms with Gasteiger partial charge in [0, 0.05) is 36.7 Å². The van der Waals surface area contributed by atoms with Crippen LogP contribution in [-0.4, -0.2) is 15.9 Å². The summed E-state index contributed by atoms with van der Waals surface area (Å²) in [5.41, 5.74) is 1.61. The Kier molecular flexibility index (Phi) is 3.37. The van der Waals surface area contributed by atoms with Gasteiger partial charge >= 0.3 is 0 Å². The standard InChI is InChI=1S/C16H13N3O/c20-16(19-9-12-5-7-17-8-6-12)15-11-18-10-13-3-1-2-4-14(13)15/h1-8,10-11H,9H2,(H,19,20). The van der Waals surface area contributed by atoms with Crippen LogP contribution in [-0.2, 0) is 6.54 Å². The number of carbonyl (C=O) groups excluding carboxylic acids is 1. The highest BCUT2D eigenvalue weighted by atomic mass is 16.1. The van der Waals surface area contributed by atoms with Gasteiger partial charge in [-0.3, -0.25) is 14.8 Å². The van der Waals surface area contributed by atoms with Gasteiger partial charge in [0.25, 0.3) is 5.91 Å². The number of benzene rings is 1. The van der Waals surface area contributed by atoms with E-state index < -0.39 is 0 Å². The van der Waals surface area contributed by atoms with Crippen LogP contribution in [0.5, 0.6) is 0 Å². The van der Waals surface area contributed by atoms with Crippen LogP contribution in [0, 0.1) is 0 Å². The lowest BCUT2D eigenvalue weighted by molar-refractivity contribution is 0.0952. The second-order valence-corrected chi connectivity index (χ2v) is 4.45. The maximum Gasteiger partial charge on any atom is 0.253 e. The number of carbonyl (C=O) groups is 1. The monoisotopic (exact) mass is 263 g/mol. The zero-order valence-electron chi connectivity index (χ0n) is 10.8. The third-order valence-electron chi connectivity index (χ3n) is 3.12. The van der Waals surface area contributed by atoms with Crippen molar-refractivity contribution in [1.82, 2.24) is 15.3 Å². The minimum absolute atomic E-state index is 0.119. The molecule has 1 aromatic carbocycles. The molecule has 0 radical (unpaired) electrons. The normalized spacial score (nSPS) is 10.4. The van der Waals surface area contributed by atoms with E-state index in [0.717, 1.165) is 16.3 Å². The summed E-state index contributed by atoms with van der Waals surface area (Å²) in [5.74, 6) is -0.119. The van der Waals surface area contributed by atoms with Crippen molar-refractivity contribution >= 4 is 16.7 Å². The summed E-state index contributed by atoms with van der Waals surface area (Å²) in [7, 11) is 0. The Hall–Kier alpha value is -2.75. The zero-order chi connectivity index (χ0) is 13.8. The highest BCUT2D eigenvalue weighted by Crippen LogP contribution is 2.16. The van der Waals surface area contributed by atoms with Crippen molar-refractivity contribution in [2.75, 3.05) is 0 Å². The van der Waals surface area contributed by atoms with Crippen LogP contribution in [0.25, 0.3) is 10.8 Å². The number of nitrogens with one attached hydrogen (secondary N) is 1. The molecule has 0 saturated heterocycles. The highest BCUT2D eigenvalue weighted by Gasteiger charge is 2.09. The van der Waals surface area contributed by atoms with Crippen LogP contribution in [0.3, 0.4) is 0 Å². The molecule has 0 aliphatic heterocycles. The lowest BCUT2D eigenvalue weighted by atomic mass is 10.1. The fourth-order valence-corrected chi connectivity index (χ4v) is 2.08. The van der Waals surface area contributed by atoms with Crippen molar-refractivity contribution in [3.8, 4) is 0 Å². The third kappa shape index (κ3) is 2.49. The van der Waals surface area contributed by atoms with Crippen molar-refractivity contribution in [2.45, 2.75) is 6.54 Å². The van der Waals surface area contributed by atoms with Crippen molar-refractivity contribution in [2.24, 2.45) is 0 Å². The first-order valence-corrected chi connectivity index (χ1v) is 6.34. The fourth-order valence-electron chi connectivity index (χ4n) is 2.08. The number of rotatable bonds is 3. The van der Waals surface area contributed by atoms with Gasteiger partial charge in [0.15, 0.2) is 0 Å². The third-order valence-corrected chi connectivity index (χ3v) is 3.12. The van der Waals surface area contributed by atoms with E-state index in [1.165, 1.54) is 0 Å². The zero-order valence-corrected chi connectivity index (χ0v) is 10.8. The maximum atomic E-state index is 12.3. The lowest BCUT2D eigenvalue weighted by Gasteiger charge is -2.07. The molecule has 98 valence electrons. The quantitative estimate of drug-likeness (QED) is 0.790. The molecule has 0 aliphatic carbocycles. The molecule has 0 atom stereocenters. The van der Waals surface area contributed by atoms with Gasteiger partial charge in [-0.25, -0.2) is 0 Å². The first-order valence-electron chi connectivity index (χ1n) is 6.34. The average Bonchev–Trinajstić information content (AvgIpc) is 2.53. The van der Waals surface area contributed by atoms with E-state index in [1.54, 1.807) is 24.8 Å². The van der Waals surface area contributed by atoms with E-state index in [-0.39, 0.29) is 5.91 Å². The summed E-state index contributed by atoms with van der Waals surface area (Å²) in [5, 5.41) is 4.77. The van der Waals surface area contributed by atoms with Gasteiger partial charge in [-0.2, -0.15) is 0 Å². The molecule has 2 aromatic heterocycles. The van der Waals surface area contributed by atoms with Crippen LogP contribution >= 0.6 is 0 Å². The molecule has 4 heteroatoms. The molecule has 3 rings (SSSR count). The van der Waals surface area contributed by atoms with E-state index in [2.05, 4.69) is 15.3 Å². The molecule has 0 spiro atoms. The van der Waals surface area contributed by atoms with E-state index in [4.69, 9.17) is 0 Å². The molecular weight excluding hydrogens is 250 g/mol. The Bertz CT molecular complexity index is 736. The van der Waals surface area contributed by atoms with Gasteiger partial charge in [-0.15, -0.1) is 0 Å². The Labute approximate surface area is 116 Å². The van der Waals surface area contributed by atoms with Gasteiger partial charge < -0.3 is 5.32 Å². The minimum Gasteiger partial charge on any atom is -0.348 e. The van der Waals surface area contributed by atoms with Crippen LogP contribution in [0.2, 0.25) is 0 Å². The molecule has 3 aromatic rings. The SMILES string of the molecule is O=C(NCc1ccncc1)c1cncc2ccccc12. The van der Waals surface area contributed by atoms with Crippen LogP contribution in [0.1, 0.15) is 15.9 Å². The lowest BCUT2D eigenvalue weighted by Crippen LogP contribution is -2.23. The molecule has 0 unspecified atom stereocenters. The van der Waals surface area contributed by atoms with E-state index >= 15 is 0 Å². The van der Waals surface area contributed by atoms with E-state index in [1.807, 2.05) is 36.4 Å². The molecule has 2 heterocycles. The second-order valence-electron chi connectivity index (χ2n) is 4.45. The Morgan fingerprint density at radius 2 is 1.80 bits per heavy atom. The summed E-state index contributed by atoms with van der Waals surface area (Å²) >= 11 is 0. The fraction of sp³-hybridized carbons (Fsp3) is 0.0625. The van der Waals surface area contributed by atoms with Gasteiger partial charge in [0.05, 0.1) is 5.56 Å². The van der Waals surface area contributed by atoms with Crippen LogP contribution in [0.15, 0.2) is 61.2 Å². The second kappa shape index (κ2) is 5.48. The molecule has 20 heavy (non-hydrogen) atoms. The molecule has 0 saturated carbocycles. The molecule has 0 aliphatic rings. The number of pyridine rings is 2. The smallest absolute Gasteiger partial charge is 0.253 e. The molecule has 0 fully saturated rings. The Morgan fingerprint density at radius 1 is 1.00 bits per heavy atom. The molecule has 4 nitrogen and oxygen atoms in total. The number of aromatic nitrogens is 2. The van der Waals surface area contributed by atoms with Crippen molar-refractivity contribution in [3.63, 3.8) is 0 Å². The van der Waals surface area contributed by atoms with Crippen molar-refractivity contribution in [1.29, 1.82) is 0 Å². The van der Waals surface area contributed by atoms with Gasteiger partial charge in [-0.05, 0) is 23.1 Å². The molecular formula is C16H13N3O. The Balaban J connectivity index is 1.82. The van der Waals surface area contributed by atoms with Gasteiger partial charge in [0.2, 0.25) is 0 Å². The summed E-state index contributed by atoms with van der Waals surface area (Å²) in [4.78, 5) is 20.3. The van der Waals surface area contributed by atoms with Crippen molar-refractivity contribution in [3.05, 3.63) is 72.3 Å². The first-order chi connectivity index (χ1) is 9.84. The minimum atomic E-state index is -0.119. The van der Waals surface area contributed by atoms with Crippen molar-refractivity contribution < 1.29 is 4.79 Å². The van der Waals surface area contributed by atoms with Gasteiger partial charge in [0.1, 0.15) is 0 Å². The van der Waals surface area contributed by atoms with Gasteiger partial charge in [-0.1, -0.05) is 24.3 Å². The summed E-state index contributed by atoms with van der Waals surface area (Å²) in [6.45, 7) is 0.477. The molecule has 1 amide bonds. The number of fused-ring (bicyclic) bond motifs is 1. The van der Waals surface area contributed by atoms with E-state index in [0.29, 0.717) is 12.1 Å². The number of hydrogen-bond donors (Lipinski definition) is 1. The highest BCUT2D eigenvalue weighted by molar-refractivity contribution is 6.06. The number of hydrogen-bond acceptors (Lipinski definition) is 3. The maximum absolute atomic E-state index is 12.3. The van der Waals surface area contributed by atoms with Crippen LogP contribution < -0.4 is 5.32 Å². The average molecular weight is 263 g/mol. The van der Waals surface area contributed by atoms with Crippen LogP contribution in [0.4, 0.5) is 0 Å². The Morgan fingerprint density at radius 3 is 2.65 bits per heavy atom.